The molecule has 25 heavy (non-hydrogen) atoms. The summed E-state index contributed by atoms with van der Waals surface area (Å²) in [6, 6.07) is 12.0. The molecule has 0 aliphatic carbocycles. The van der Waals surface area contributed by atoms with E-state index >= 15 is 0 Å². The fraction of sp³-hybridized carbons (Fsp3) is 0.0526. The second kappa shape index (κ2) is 5.24. The normalized spacial score (nSPS) is 11.4. The van der Waals surface area contributed by atoms with Crippen LogP contribution in [0.1, 0.15) is 5.56 Å². The van der Waals surface area contributed by atoms with Crippen LogP contribution in [0.3, 0.4) is 0 Å². The summed E-state index contributed by atoms with van der Waals surface area (Å²) in [5.74, 6) is 0. The zero-order valence-electron chi connectivity index (χ0n) is 13.5. The van der Waals surface area contributed by atoms with Gasteiger partial charge in [-0.1, -0.05) is 0 Å². The minimum Gasteiger partial charge on any atom is -0.338 e. The number of aromatic amines is 2. The summed E-state index contributed by atoms with van der Waals surface area (Å²) in [6.45, 7) is 2.06. The van der Waals surface area contributed by atoms with Crippen molar-refractivity contribution in [3.05, 3.63) is 60.6 Å². The summed E-state index contributed by atoms with van der Waals surface area (Å²) in [5, 5.41) is 8.56. The molecule has 0 aliphatic rings. The minimum atomic E-state index is 0.788. The van der Waals surface area contributed by atoms with E-state index in [9.17, 15) is 0 Å². The molecule has 5 aromatic heterocycles. The highest BCUT2D eigenvalue weighted by molar-refractivity contribution is 5.93. The monoisotopic (exact) mass is 326 g/mol. The third-order valence-electron chi connectivity index (χ3n) is 4.37. The van der Waals surface area contributed by atoms with Crippen LogP contribution in [0.25, 0.3) is 44.7 Å². The SMILES string of the molecule is Cc1ccncc1-c1ccc2[nH]nc(-c3cc4cccnc4[nH]3)c2n1. The Morgan fingerprint density at radius 3 is 2.88 bits per heavy atom. The number of nitrogens with zero attached hydrogens (tertiary/aromatic N) is 4. The van der Waals surface area contributed by atoms with E-state index in [4.69, 9.17) is 4.98 Å². The molecule has 6 nitrogen and oxygen atoms in total. The summed E-state index contributed by atoms with van der Waals surface area (Å²) in [5.41, 5.74) is 7.29. The third kappa shape index (κ3) is 2.19. The van der Waals surface area contributed by atoms with E-state index in [0.29, 0.717) is 0 Å². The molecule has 0 saturated heterocycles. The molecule has 0 aromatic carbocycles. The van der Waals surface area contributed by atoms with Gasteiger partial charge in [0, 0.05) is 29.5 Å². The molecule has 0 spiro atoms. The van der Waals surface area contributed by atoms with Crippen molar-refractivity contribution < 1.29 is 0 Å². The third-order valence-corrected chi connectivity index (χ3v) is 4.37. The van der Waals surface area contributed by atoms with Gasteiger partial charge in [-0.3, -0.25) is 10.1 Å². The Labute approximate surface area is 143 Å². The average Bonchev–Trinajstić information content (AvgIpc) is 3.25. The fourth-order valence-corrected chi connectivity index (χ4v) is 3.05. The van der Waals surface area contributed by atoms with E-state index in [1.54, 1.807) is 12.4 Å². The van der Waals surface area contributed by atoms with Crippen molar-refractivity contribution in [2.24, 2.45) is 0 Å². The van der Waals surface area contributed by atoms with Crippen LogP contribution in [-0.2, 0) is 0 Å². The standard InChI is InChI=1S/C19H14N6/c1-11-6-8-20-10-13(11)14-4-5-15-17(22-14)18(25-24-15)16-9-12-3-2-7-21-19(12)23-16/h2-10H,1H3,(H,21,23)(H,24,25). The van der Waals surface area contributed by atoms with Gasteiger partial charge in [0.15, 0.2) is 0 Å². The summed E-state index contributed by atoms with van der Waals surface area (Å²) < 4.78 is 0. The molecule has 5 heterocycles. The Balaban J connectivity index is 1.71. The molecule has 0 atom stereocenters. The molecular weight excluding hydrogens is 312 g/mol. The maximum atomic E-state index is 4.84. The number of fused-ring (bicyclic) bond motifs is 2. The van der Waals surface area contributed by atoms with E-state index in [1.165, 1.54) is 0 Å². The molecule has 2 N–H and O–H groups in total. The van der Waals surface area contributed by atoms with Gasteiger partial charge in [-0.2, -0.15) is 5.10 Å². The quantitative estimate of drug-likeness (QED) is 0.516. The number of pyridine rings is 3. The van der Waals surface area contributed by atoms with E-state index in [0.717, 1.165) is 50.3 Å². The molecule has 5 rings (SSSR count). The highest BCUT2D eigenvalue weighted by Crippen LogP contribution is 2.29. The number of rotatable bonds is 2. The number of aromatic nitrogens is 6. The van der Waals surface area contributed by atoms with Gasteiger partial charge in [-0.05, 0) is 48.9 Å². The van der Waals surface area contributed by atoms with Crippen molar-refractivity contribution in [3.63, 3.8) is 0 Å². The second-order valence-corrected chi connectivity index (χ2v) is 5.98. The zero-order valence-corrected chi connectivity index (χ0v) is 13.5. The molecule has 0 fully saturated rings. The van der Waals surface area contributed by atoms with Crippen molar-refractivity contribution in [1.29, 1.82) is 0 Å². The summed E-state index contributed by atoms with van der Waals surface area (Å²) in [7, 11) is 0. The Bertz CT molecular complexity index is 1180. The Hall–Kier alpha value is -3.54. The van der Waals surface area contributed by atoms with Gasteiger partial charge in [0.25, 0.3) is 0 Å². The highest BCUT2D eigenvalue weighted by atomic mass is 15.1. The smallest absolute Gasteiger partial charge is 0.137 e. The van der Waals surface area contributed by atoms with Crippen LogP contribution in [-0.4, -0.2) is 30.1 Å². The number of hydrogen-bond acceptors (Lipinski definition) is 4. The van der Waals surface area contributed by atoms with Crippen molar-refractivity contribution in [2.75, 3.05) is 0 Å². The van der Waals surface area contributed by atoms with E-state index in [-0.39, 0.29) is 0 Å². The van der Waals surface area contributed by atoms with E-state index < -0.39 is 0 Å². The van der Waals surface area contributed by atoms with Crippen molar-refractivity contribution in [3.8, 4) is 22.6 Å². The molecule has 6 heteroatoms. The van der Waals surface area contributed by atoms with Crippen LogP contribution in [0.2, 0.25) is 0 Å². The summed E-state index contributed by atoms with van der Waals surface area (Å²) in [6.07, 6.45) is 5.40. The number of H-pyrrole nitrogens is 2. The van der Waals surface area contributed by atoms with Crippen LogP contribution >= 0.6 is 0 Å². The minimum absolute atomic E-state index is 0.788. The van der Waals surface area contributed by atoms with Crippen LogP contribution < -0.4 is 0 Å². The van der Waals surface area contributed by atoms with Crippen LogP contribution in [0, 0.1) is 6.92 Å². The lowest BCUT2D eigenvalue weighted by molar-refractivity contribution is 1.12. The Morgan fingerprint density at radius 2 is 2.00 bits per heavy atom. The van der Waals surface area contributed by atoms with Gasteiger partial charge in [0.1, 0.15) is 16.9 Å². The van der Waals surface area contributed by atoms with Crippen LogP contribution in [0.4, 0.5) is 0 Å². The largest absolute Gasteiger partial charge is 0.338 e. The van der Waals surface area contributed by atoms with Crippen LogP contribution in [0.15, 0.2) is 55.0 Å². The molecule has 0 aliphatic heterocycles. The first-order valence-corrected chi connectivity index (χ1v) is 8.00. The molecular formula is C19H14N6. The first-order valence-electron chi connectivity index (χ1n) is 8.00. The van der Waals surface area contributed by atoms with E-state index in [2.05, 4.69) is 32.1 Å². The lowest BCUT2D eigenvalue weighted by Crippen LogP contribution is -1.89. The molecule has 0 unspecified atom stereocenters. The van der Waals surface area contributed by atoms with E-state index in [1.807, 2.05) is 42.6 Å². The predicted molar refractivity (Wildman–Crippen MR) is 96.9 cm³/mol. The summed E-state index contributed by atoms with van der Waals surface area (Å²) in [4.78, 5) is 16.7. The first-order chi connectivity index (χ1) is 12.3. The lowest BCUT2D eigenvalue weighted by Gasteiger charge is -2.04. The molecule has 0 bridgehead atoms. The molecule has 0 saturated carbocycles. The van der Waals surface area contributed by atoms with Gasteiger partial charge >= 0.3 is 0 Å². The fourth-order valence-electron chi connectivity index (χ4n) is 3.05. The van der Waals surface area contributed by atoms with Gasteiger partial charge < -0.3 is 4.98 Å². The van der Waals surface area contributed by atoms with Crippen molar-refractivity contribution in [1.82, 2.24) is 30.1 Å². The zero-order chi connectivity index (χ0) is 16.8. The number of hydrogen-bond donors (Lipinski definition) is 2. The van der Waals surface area contributed by atoms with Crippen molar-refractivity contribution in [2.45, 2.75) is 6.92 Å². The van der Waals surface area contributed by atoms with Gasteiger partial charge in [-0.15, -0.1) is 0 Å². The molecule has 0 amide bonds. The molecule has 120 valence electrons. The maximum absolute atomic E-state index is 4.84. The highest BCUT2D eigenvalue weighted by Gasteiger charge is 2.14. The van der Waals surface area contributed by atoms with Gasteiger partial charge in [0.05, 0.1) is 16.9 Å². The van der Waals surface area contributed by atoms with Crippen LogP contribution in [0.5, 0.6) is 0 Å². The first kappa shape index (κ1) is 13.9. The Kier molecular flexibility index (Phi) is 2.90. The number of aryl methyl sites for hydroxylation is 1. The molecule has 0 radical (unpaired) electrons. The van der Waals surface area contributed by atoms with Gasteiger partial charge in [0.2, 0.25) is 0 Å². The second-order valence-electron chi connectivity index (χ2n) is 5.98. The average molecular weight is 326 g/mol. The predicted octanol–water partition coefficient (Wildman–Crippen LogP) is 3.87. The van der Waals surface area contributed by atoms with Crippen molar-refractivity contribution >= 4 is 22.1 Å². The number of nitrogens with one attached hydrogen (secondary N) is 2. The van der Waals surface area contributed by atoms with Gasteiger partial charge in [-0.25, -0.2) is 9.97 Å². The molecule has 5 aromatic rings. The lowest BCUT2D eigenvalue weighted by atomic mass is 10.1. The summed E-state index contributed by atoms with van der Waals surface area (Å²) >= 11 is 0. The topological polar surface area (TPSA) is 83.1 Å². The maximum Gasteiger partial charge on any atom is 0.137 e. The Morgan fingerprint density at radius 1 is 1.04 bits per heavy atom.